The number of hydrogen-bond donors (Lipinski definition) is 2. The van der Waals surface area contributed by atoms with Crippen LogP contribution in [0, 0.1) is 6.92 Å². The summed E-state index contributed by atoms with van der Waals surface area (Å²) in [4.78, 5) is 0.221. The highest BCUT2D eigenvalue weighted by Gasteiger charge is 2.27. The van der Waals surface area contributed by atoms with Gasteiger partial charge in [-0.3, -0.25) is 0 Å². The Morgan fingerprint density at radius 1 is 1.28 bits per heavy atom. The number of aryl methyl sites for hydroxylation is 1. The van der Waals surface area contributed by atoms with Crippen molar-refractivity contribution >= 4 is 15.7 Å². The molecule has 102 valence electrons. The summed E-state index contributed by atoms with van der Waals surface area (Å²) >= 11 is 0. The van der Waals surface area contributed by atoms with Crippen molar-refractivity contribution in [3.05, 3.63) is 23.8 Å². The van der Waals surface area contributed by atoms with Crippen molar-refractivity contribution in [1.29, 1.82) is 0 Å². The van der Waals surface area contributed by atoms with Crippen molar-refractivity contribution in [3.63, 3.8) is 0 Å². The fourth-order valence-corrected chi connectivity index (χ4v) is 3.15. The molecular weight excluding hydrogens is 248 g/mol. The van der Waals surface area contributed by atoms with Crippen LogP contribution in [0.15, 0.2) is 23.1 Å². The third-order valence-corrected chi connectivity index (χ3v) is 5.14. The van der Waals surface area contributed by atoms with Crippen LogP contribution in [0.2, 0.25) is 0 Å². The SMILES string of the molecule is CCC(C)(CC)NS(=O)(=O)c1ccc(C)c(N)c1. The van der Waals surface area contributed by atoms with Crippen LogP contribution in [0.5, 0.6) is 0 Å². The Morgan fingerprint density at radius 2 is 1.83 bits per heavy atom. The smallest absolute Gasteiger partial charge is 0.241 e. The molecule has 0 aliphatic rings. The maximum absolute atomic E-state index is 12.3. The van der Waals surface area contributed by atoms with Gasteiger partial charge in [0, 0.05) is 11.2 Å². The molecule has 0 fully saturated rings. The number of nitrogen functional groups attached to an aromatic ring is 1. The van der Waals surface area contributed by atoms with Gasteiger partial charge in [0.1, 0.15) is 0 Å². The van der Waals surface area contributed by atoms with E-state index in [0.29, 0.717) is 5.69 Å². The minimum Gasteiger partial charge on any atom is -0.398 e. The van der Waals surface area contributed by atoms with E-state index >= 15 is 0 Å². The van der Waals surface area contributed by atoms with Gasteiger partial charge in [-0.1, -0.05) is 19.9 Å². The monoisotopic (exact) mass is 270 g/mol. The molecule has 3 N–H and O–H groups in total. The van der Waals surface area contributed by atoms with Crippen LogP contribution < -0.4 is 10.5 Å². The van der Waals surface area contributed by atoms with E-state index in [1.165, 1.54) is 6.07 Å². The largest absolute Gasteiger partial charge is 0.398 e. The van der Waals surface area contributed by atoms with Gasteiger partial charge in [-0.2, -0.15) is 0 Å². The van der Waals surface area contributed by atoms with Crippen LogP contribution in [0.25, 0.3) is 0 Å². The summed E-state index contributed by atoms with van der Waals surface area (Å²) in [6.07, 6.45) is 1.48. The topological polar surface area (TPSA) is 72.2 Å². The predicted molar refractivity (Wildman–Crippen MR) is 74.9 cm³/mol. The molecule has 1 aromatic carbocycles. The first-order chi connectivity index (χ1) is 8.24. The molecule has 0 saturated carbocycles. The molecule has 1 aromatic rings. The van der Waals surface area contributed by atoms with Crippen molar-refractivity contribution in [2.75, 3.05) is 5.73 Å². The molecule has 1 rings (SSSR count). The summed E-state index contributed by atoms with van der Waals surface area (Å²) in [7, 11) is -3.51. The standard InChI is InChI=1S/C13H22N2O2S/c1-5-13(4,6-2)15-18(16,17)11-8-7-10(3)12(14)9-11/h7-9,15H,5-6,14H2,1-4H3. The van der Waals surface area contributed by atoms with Gasteiger partial charge in [0.15, 0.2) is 0 Å². The van der Waals surface area contributed by atoms with Gasteiger partial charge in [-0.15, -0.1) is 0 Å². The Labute approximate surface area is 110 Å². The average Bonchev–Trinajstić information content (AvgIpc) is 2.32. The molecule has 0 spiro atoms. The van der Waals surface area contributed by atoms with Crippen molar-refractivity contribution in [2.24, 2.45) is 0 Å². The molecule has 18 heavy (non-hydrogen) atoms. The first-order valence-electron chi connectivity index (χ1n) is 6.14. The molecule has 5 heteroatoms. The molecule has 0 saturated heterocycles. The molecule has 0 radical (unpaired) electrons. The highest BCUT2D eigenvalue weighted by molar-refractivity contribution is 7.89. The van der Waals surface area contributed by atoms with E-state index in [0.717, 1.165) is 18.4 Å². The van der Waals surface area contributed by atoms with E-state index < -0.39 is 15.6 Å². The summed E-state index contributed by atoms with van der Waals surface area (Å²) in [5.74, 6) is 0. The van der Waals surface area contributed by atoms with Gasteiger partial charge in [-0.05, 0) is 44.4 Å². The molecule has 0 amide bonds. The minimum absolute atomic E-state index is 0.221. The van der Waals surface area contributed by atoms with E-state index in [2.05, 4.69) is 4.72 Å². The van der Waals surface area contributed by atoms with E-state index in [1.807, 2.05) is 27.7 Å². The Morgan fingerprint density at radius 3 is 2.28 bits per heavy atom. The molecule has 0 atom stereocenters. The van der Waals surface area contributed by atoms with Crippen molar-refractivity contribution < 1.29 is 8.42 Å². The first-order valence-corrected chi connectivity index (χ1v) is 7.62. The lowest BCUT2D eigenvalue weighted by molar-refractivity contribution is 0.388. The second-order valence-electron chi connectivity index (χ2n) is 4.89. The number of anilines is 1. The Kier molecular flexibility index (Phi) is 4.40. The van der Waals surface area contributed by atoms with Crippen LogP contribution in [-0.4, -0.2) is 14.0 Å². The maximum atomic E-state index is 12.3. The normalized spacial score (nSPS) is 12.7. The lowest BCUT2D eigenvalue weighted by Crippen LogP contribution is -2.44. The zero-order chi connectivity index (χ0) is 14.0. The number of nitrogens with two attached hydrogens (primary N) is 1. The van der Waals surface area contributed by atoms with Crippen molar-refractivity contribution in [2.45, 2.75) is 51.0 Å². The van der Waals surface area contributed by atoms with Crippen LogP contribution in [-0.2, 0) is 10.0 Å². The molecule has 0 bridgehead atoms. The molecule has 0 unspecified atom stereocenters. The highest BCUT2D eigenvalue weighted by Crippen LogP contribution is 2.21. The van der Waals surface area contributed by atoms with E-state index in [1.54, 1.807) is 12.1 Å². The van der Waals surface area contributed by atoms with Crippen LogP contribution in [0.1, 0.15) is 39.2 Å². The molecule has 0 aliphatic carbocycles. The quantitative estimate of drug-likeness (QED) is 0.807. The second-order valence-corrected chi connectivity index (χ2v) is 6.57. The summed E-state index contributed by atoms with van der Waals surface area (Å²) in [6.45, 7) is 7.69. The lowest BCUT2D eigenvalue weighted by Gasteiger charge is -2.27. The van der Waals surface area contributed by atoms with Crippen molar-refractivity contribution in [3.8, 4) is 0 Å². The number of benzene rings is 1. The van der Waals surface area contributed by atoms with E-state index in [4.69, 9.17) is 5.73 Å². The van der Waals surface area contributed by atoms with Gasteiger partial charge in [0.2, 0.25) is 10.0 Å². The van der Waals surface area contributed by atoms with Gasteiger partial charge >= 0.3 is 0 Å². The summed E-state index contributed by atoms with van der Waals surface area (Å²) in [5.41, 5.74) is 6.71. The molecular formula is C13H22N2O2S. The fraction of sp³-hybridized carbons (Fsp3) is 0.538. The van der Waals surface area contributed by atoms with Crippen LogP contribution >= 0.6 is 0 Å². The van der Waals surface area contributed by atoms with E-state index in [-0.39, 0.29) is 4.90 Å². The number of sulfonamides is 1. The van der Waals surface area contributed by atoms with Gasteiger partial charge in [0.05, 0.1) is 4.90 Å². The summed E-state index contributed by atoms with van der Waals surface area (Å²) < 4.78 is 27.3. The van der Waals surface area contributed by atoms with Gasteiger partial charge in [0.25, 0.3) is 0 Å². The van der Waals surface area contributed by atoms with Gasteiger partial charge in [-0.25, -0.2) is 13.1 Å². The fourth-order valence-electron chi connectivity index (χ4n) is 1.56. The van der Waals surface area contributed by atoms with Crippen LogP contribution in [0.3, 0.4) is 0 Å². The minimum atomic E-state index is -3.51. The maximum Gasteiger partial charge on any atom is 0.241 e. The third kappa shape index (κ3) is 3.23. The van der Waals surface area contributed by atoms with Crippen LogP contribution in [0.4, 0.5) is 5.69 Å². The lowest BCUT2D eigenvalue weighted by atomic mass is 9.98. The van der Waals surface area contributed by atoms with E-state index in [9.17, 15) is 8.42 Å². The van der Waals surface area contributed by atoms with Gasteiger partial charge < -0.3 is 5.73 Å². The first kappa shape index (κ1) is 15.0. The van der Waals surface area contributed by atoms with Crippen molar-refractivity contribution in [1.82, 2.24) is 4.72 Å². The molecule has 4 nitrogen and oxygen atoms in total. The highest BCUT2D eigenvalue weighted by atomic mass is 32.2. The second kappa shape index (κ2) is 5.28. The Bertz CT molecular complexity index is 520. The molecule has 0 aromatic heterocycles. The average molecular weight is 270 g/mol. The molecule has 0 heterocycles. The zero-order valence-corrected chi connectivity index (χ0v) is 12.3. The number of hydrogen-bond acceptors (Lipinski definition) is 3. The zero-order valence-electron chi connectivity index (χ0n) is 11.4. The predicted octanol–water partition coefficient (Wildman–Crippen LogP) is 2.43. The summed E-state index contributed by atoms with van der Waals surface area (Å²) in [5, 5.41) is 0. The number of nitrogens with one attached hydrogen (secondary N) is 1. The third-order valence-electron chi connectivity index (χ3n) is 3.50. The Hall–Kier alpha value is -1.07. The number of rotatable bonds is 5. The Balaban J connectivity index is 3.10. The summed E-state index contributed by atoms with van der Waals surface area (Å²) in [6, 6.07) is 4.81. The molecule has 0 aliphatic heterocycles.